The molecule has 2 aromatic rings. The van der Waals surface area contributed by atoms with Gasteiger partial charge in [0.25, 0.3) is 0 Å². The van der Waals surface area contributed by atoms with Crippen LogP contribution in [0.4, 0.5) is 4.79 Å². The largest absolute Gasteiger partial charge is 0.469 e. The number of rotatable bonds is 3. The molecule has 1 aliphatic rings. The van der Waals surface area contributed by atoms with E-state index in [2.05, 4.69) is 9.88 Å². The lowest BCUT2D eigenvalue weighted by molar-refractivity contribution is -0.139. The third kappa shape index (κ3) is 3.98. The van der Waals surface area contributed by atoms with Crippen molar-refractivity contribution in [2.24, 2.45) is 0 Å². The molecule has 0 aliphatic carbocycles. The van der Waals surface area contributed by atoms with Crippen LogP contribution >= 0.6 is 11.8 Å². The van der Waals surface area contributed by atoms with E-state index in [-0.39, 0.29) is 18.4 Å². The maximum atomic E-state index is 12.1. The number of aromatic nitrogens is 1. The Bertz CT molecular complexity index is 838. The molecular weight excluding hydrogens is 352 g/mol. The van der Waals surface area contributed by atoms with E-state index in [9.17, 15) is 9.59 Å². The zero-order valence-electron chi connectivity index (χ0n) is 15.5. The molecule has 26 heavy (non-hydrogen) atoms. The molecular formula is C19H24N2O4S. The number of para-hydroxylation sites is 1. The van der Waals surface area contributed by atoms with E-state index in [1.807, 2.05) is 45.0 Å². The van der Waals surface area contributed by atoms with Crippen molar-refractivity contribution >= 4 is 34.7 Å². The molecule has 0 unspecified atom stereocenters. The lowest BCUT2D eigenvalue weighted by Gasteiger charge is -2.28. The molecule has 140 valence electrons. The predicted molar refractivity (Wildman–Crippen MR) is 102 cm³/mol. The summed E-state index contributed by atoms with van der Waals surface area (Å²) in [6, 6.07) is 7.97. The van der Waals surface area contributed by atoms with Gasteiger partial charge in [-0.3, -0.25) is 4.79 Å². The van der Waals surface area contributed by atoms with Crippen molar-refractivity contribution in [1.82, 2.24) is 9.88 Å². The summed E-state index contributed by atoms with van der Waals surface area (Å²) < 4.78 is 12.4. The molecule has 1 atom stereocenters. The van der Waals surface area contributed by atoms with Gasteiger partial charge in [-0.25, -0.2) is 4.79 Å². The summed E-state index contributed by atoms with van der Waals surface area (Å²) >= 11 is 1.65. The molecule has 0 saturated carbocycles. The lowest BCUT2D eigenvalue weighted by Crippen LogP contribution is -2.44. The maximum absolute atomic E-state index is 12.1. The Morgan fingerprint density at radius 1 is 1.31 bits per heavy atom. The van der Waals surface area contributed by atoms with Crippen molar-refractivity contribution in [3.8, 4) is 0 Å². The average molecular weight is 376 g/mol. The number of nitrogens with zero attached hydrogens (tertiary/aromatic N) is 1. The highest BCUT2D eigenvalue weighted by molar-refractivity contribution is 7.99. The van der Waals surface area contributed by atoms with Gasteiger partial charge in [0.1, 0.15) is 5.60 Å². The van der Waals surface area contributed by atoms with Gasteiger partial charge in [-0.15, -0.1) is 11.8 Å². The fourth-order valence-electron chi connectivity index (χ4n) is 3.10. The van der Waals surface area contributed by atoms with Gasteiger partial charge in [-0.05, 0) is 26.8 Å². The van der Waals surface area contributed by atoms with Crippen LogP contribution in [0, 0.1) is 0 Å². The van der Waals surface area contributed by atoms with Gasteiger partial charge in [0.15, 0.2) is 0 Å². The highest BCUT2D eigenvalue weighted by atomic mass is 32.2. The van der Waals surface area contributed by atoms with Gasteiger partial charge < -0.3 is 19.4 Å². The fraction of sp³-hybridized carbons (Fsp3) is 0.474. The second-order valence-corrected chi connectivity index (χ2v) is 8.33. The number of hydrogen-bond donors (Lipinski definition) is 1. The van der Waals surface area contributed by atoms with E-state index in [0.29, 0.717) is 6.54 Å². The number of ether oxygens (including phenoxy) is 2. The second-order valence-electron chi connectivity index (χ2n) is 7.32. The van der Waals surface area contributed by atoms with Crippen molar-refractivity contribution in [1.29, 1.82) is 0 Å². The molecule has 0 fully saturated rings. The highest BCUT2D eigenvalue weighted by Crippen LogP contribution is 2.37. The predicted octanol–water partition coefficient (Wildman–Crippen LogP) is 3.36. The van der Waals surface area contributed by atoms with Gasteiger partial charge in [0.2, 0.25) is 0 Å². The summed E-state index contributed by atoms with van der Waals surface area (Å²) in [4.78, 5) is 23.9. The normalized spacial score (nSPS) is 16.8. The van der Waals surface area contributed by atoms with E-state index in [1.165, 1.54) is 7.11 Å². The first-order valence-corrected chi connectivity index (χ1v) is 9.56. The molecule has 1 aromatic carbocycles. The lowest BCUT2D eigenvalue weighted by atomic mass is 10.1. The van der Waals surface area contributed by atoms with Crippen molar-refractivity contribution in [3.05, 3.63) is 29.8 Å². The standard InChI is InChI=1S/C19H24N2O4S/c1-19(2,3)25-18(23)20-12-10-21-15-8-6-5-7-13(15)14(9-16(22)24-4)17(21)26-11-12/h5-8,12H,9-11H2,1-4H3,(H,20,23)/t12-/m0/s1. The number of benzene rings is 1. The Morgan fingerprint density at radius 3 is 2.73 bits per heavy atom. The molecule has 0 bridgehead atoms. The van der Waals surface area contributed by atoms with Crippen LogP contribution < -0.4 is 5.32 Å². The zero-order chi connectivity index (χ0) is 18.9. The smallest absolute Gasteiger partial charge is 0.407 e. The molecule has 0 saturated heterocycles. The number of alkyl carbamates (subject to hydrolysis) is 1. The molecule has 3 rings (SSSR count). The number of nitrogens with one attached hydrogen (secondary N) is 1. The van der Waals surface area contributed by atoms with Gasteiger partial charge in [-0.1, -0.05) is 18.2 Å². The van der Waals surface area contributed by atoms with Crippen LogP contribution in [0.3, 0.4) is 0 Å². The third-order valence-electron chi connectivity index (χ3n) is 4.12. The van der Waals surface area contributed by atoms with E-state index in [1.54, 1.807) is 11.8 Å². The Kier molecular flexibility index (Phi) is 5.18. The third-order valence-corrected chi connectivity index (χ3v) is 5.43. The topological polar surface area (TPSA) is 69.6 Å². The monoisotopic (exact) mass is 376 g/mol. The maximum Gasteiger partial charge on any atom is 0.407 e. The summed E-state index contributed by atoms with van der Waals surface area (Å²) in [6.45, 7) is 6.18. The van der Waals surface area contributed by atoms with Crippen molar-refractivity contribution < 1.29 is 19.1 Å². The average Bonchev–Trinajstić information content (AvgIpc) is 2.87. The minimum Gasteiger partial charge on any atom is -0.469 e. The molecule has 1 N–H and O–H groups in total. The number of methoxy groups -OCH3 is 1. The number of carbonyl (C=O) groups is 2. The minimum atomic E-state index is -0.523. The van der Waals surface area contributed by atoms with Crippen molar-refractivity contribution in [3.63, 3.8) is 0 Å². The molecule has 1 amide bonds. The van der Waals surface area contributed by atoms with Crippen LogP contribution in [0.2, 0.25) is 0 Å². The van der Waals surface area contributed by atoms with Crippen LogP contribution in [-0.2, 0) is 27.2 Å². The number of thioether (sulfide) groups is 1. The van der Waals surface area contributed by atoms with Gasteiger partial charge >= 0.3 is 12.1 Å². The summed E-state index contributed by atoms with van der Waals surface area (Å²) in [5.74, 6) is 0.475. The number of amides is 1. The Labute approximate surface area is 157 Å². The van der Waals surface area contributed by atoms with E-state index in [4.69, 9.17) is 9.47 Å². The van der Waals surface area contributed by atoms with Crippen LogP contribution in [0.15, 0.2) is 29.3 Å². The van der Waals surface area contributed by atoms with Crippen LogP contribution in [0.5, 0.6) is 0 Å². The van der Waals surface area contributed by atoms with Crippen LogP contribution in [0.1, 0.15) is 26.3 Å². The number of hydrogen-bond acceptors (Lipinski definition) is 5. The quantitative estimate of drug-likeness (QED) is 0.832. The van der Waals surface area contributed by atoms with Gasteiger partial charge in [-0.2, -0.15) is 0 Å². The van der Waals surface area contributed by atoms with E-state index < -0.39 is 11.7 Å². The molecule has 1 aliphatic heterocycles. The van der Waals surface area contributed by atoms with Crippen LogP contribution in [0.25, 0.3) is 10.9 Å². The Morgan fingerprint density at radius 2 is 2.04 bits per heavy atom. The zero-order valence-corrected chi connectivity index (χ0v) is 16.3. The van der Waals surface area contributed by atoms with Gasteiger partial charge in [0.05, 0.1) is 24.6 Å². The van der Waals surface area contributed by atoms with Crippen molar-refractivity contribution in [2.75, 3.05) is 12.9 Å². The Hall–Kier alpha value is -2.15. The fourth-order valence-corrected chi connectivity index (χ4v) is 4.33. The molecule has 1 aromatic heterocycles. The van der Waals surface area contributed by atoms with Gasteiger partial charge in [0, 0.05) is 28.8 Å². The summed E-state index contributed by atoms with van der Waals surface area (Å²) in [7, 11) is 1.40. The highest BCUT2D eigenvalue weighted by Gasteiger charge is 2.28. The molecule has 6 nitrogen and oxygen atoms in total. The molecule has 2 heterocycles. The second kappa shape index (κ2) is 7.23. The number of carbonyl (C=O) groups excluding carboxylic acids is 2. The minimum absolute atomic E-state index is 0.0378. The SMILES string of the molecule is COC(=O)Cc1c2n(c3ccccc13)C[C@H](NC(=O)OC(C)(C)C)CS2. The molecule has 0 spiro atoms. The van der Waals surface area contributed by atoms with Crippen LogP contribution in [-0.4, -0.2) is 41.1 Å². The van der Waals surface area contributed by atoms with Crippen molar-refractivity contribution in [2.45, 2.75) is 50.4 Å². The summed E-state index contributed by atoms with van der Waals surface area (Å²) in [6.07, 6.45) is -0.158. The number of esters is 1. The van der Waals surface area contributed by atoms with E-state index >= 15 is 0 Å². The first-order chi connectivity index (χ1) is 12.3. The summed E-state index contributed by atoms with van der Waals surface area (Å²) in [5.41, 5.74) is 1.53. The Balaban J connectivity index is 1.86. The van der Waals surface area contributed by atoms with E-state index in [0.717, 1.165) is 27.2 Å². The first kappa shape index (κ1) is 18.6. The number of fused-ring (bicyclic) bond motifs is 3. The molecule has 0 radical (unpaired) electrons. The molecule has 7 heteroatoms. The summed E-state index contributed by atoms with van der Waals surface area (Å²) in [5, 5.41) is 5.07. The first-order valence-electron chi connectivity index (χ1n) is 8.57.